The number of hydrogen-bond acceptors (Lipinski definition) is 1. The lowest BCUT2D eigenvalue weighted by atomic mass is 10.2. The Balaban J connectivity index is 2.33. The molecular weight excluding hydrogens is 198 g/mol. The molecule has 0 aliphatic rings. The van der Waals surface area contributed by atoms with Gasteiger partial charge in [-0.25, -0.2) is 0 Å². The summed E-state index contributed by atoms with van der Waals surface area (Å²) in [6.07, 6.45) is 6.54. The molecule has 1 aromatic heterocycles. The Labute approximate surface area is 95.9 Å². The summed E-state index contributed by atoms with van der Waals surface area (Å²) < 4.78 is 2.19. The van der Waals surface area contributed by atoms with E-state index in [4.69, 9.17) is 0 Å². The smallest absolute Gasteiger partial charge is 0.152 e. The monoisotopic (exact) mass is 215 g/mol. The van der Waals surface area contributed by atoms with E-state index in [0.29, 0.717) is 0 Å². The fourth-order valence-electron chi connectivity index (χ4n) is 2.09. The summed E-state index contributed by atoms with van der Waals surface area (Å²) in [5.74, 6) is 0. The van der Waals surface area contributed by atoms with Gasteiger partial charge in [0.2, 0.25) is 0 Å². The molecule has 0 radical (unpaired) electrons. The van der Waals surface area contributed by atoms with Crippen LogP contribution in [0, 0.1) is 0 Å². The molecule has 2 nitrogen and oxygen atoms in total. The predicted molar refractivity (Wildman–Crippen MR) is 66.9 cm³/mol. The van der Waals surface area contributed by atoms with Gasteiger partial charge in [-0.15, -0.1) is 0 Å². The van der Waals surface area contributed by atoms with Crippen molar-refractivity contribution < 1.29 is 4.79 Å². The fraction of sp³-hybridized carbons (Fsp3) is 0.357. The van der Waals surface area contributed by atoms with Gasteiger partial charge in [-0.2, -0.15) is 0 Å². The molecule has 1 heterocycles. The van der Waals surface area contributed by atoms with Crippen molar-refractivity contribution in [2.45, 2.75) is 32.7 Å². The maximum atomic E-state index is 11.0. The number of aldehydes is 1. The molecule has 0 amide bonds. The molecule has 0 aliphatic carbocycles. The molecule has 0 spiro atoms. The van der Waals surface area contributed by atoms with Gasteiger partial charge in [0, 0.05) is 29.2 Å². The number of aromatic nitrogens is 1. The molecule has 0 saturated carbocycles. The molecule has 0 aliphatic heterocycles. The van der Waals surface area contributed by atoms with Crippen LogP contribution < -0.4 is 0 Å². The molecule has 16 heavy (non-hydrogen) atoms. The number of carbonyl (C=O) groups is 1. The van der Waals surface area contributed by atoms with E-state index >= 15 is 0 Å². The highest BCUT2D eigenvalue weighted by Gasteiger charge is 2.06. The molecule has 2 aromatic rings. The van der Waals surface area contributed by atoms with Crippen LogP contribution in [0.25, 0.3) is 10.9 Å². The van der Waals surface area contributed by atoms with Crippen LogP contribution in [0.2, 0.25) is 0 Å². The van der Waals surface area contributed by atoms with E-state index in [1.165, 1.54) is 24.8 Å². The number of carbonyl (C=O) groups excluding carboxylic acids is 1. The minimum atomic E-state index is 0.798. The van der Waals surface area contributed by atoms with Crippen LogP contribution in [0.3, 0.4) is 0 Å². The molecule has 1 aromatic carbocycles. The van der Waals surface area contributed by atoms with Gasteiger partial charge < -0.3 is 4.57 Å². The fourth-order valence-corrected chi connectivity index (χ4v) is 2.09. The maximum absolute atomic E-state index is 11.0. The Bertz CT molecular complexity index is 484. The number of fused-ring (bicyclic) bond motifs is 1. The second-order valence-electron chi connectivity index (χ2n) is 4.12. The number of rotatable bonds is 5. The third-order valence-electron chi connectivity index (χ3n) is 2.95. The number of hydrogen-bond donors (Lipinski definition) is 0. The molecule has 0 fully saturated rings. The normalized spacial score (nSPS) is 10.8. The minimum absolute atomic E-state index is 0.798. The van der Waals surface area contributed by atoms with Crippen LogP contribution in [0.4, 0.5) is 0 Å². The lowest BCUT2D eigenvalue weighted by Crippen LogP contribution is -1.95. The Morgan fingerprint density at radius 3 is 2.81 bits per heavy atom. The van der Waals surface area contributed by atoms with Crippen LogP contribution in [-0.2, 0) is 6.54 Å². The Morgan fingerprint density at radius 2 is 2.06 bits per heavy atom. The van der Waals surface area contributed by atoms with Crippen molar-refractivity contribution in [1.82, 2.24) is 4.57 Å². The van der Waals surface area contributed by atoms with Crippen LogP contribution in [-0.4, -0.2) is 10.9 Å². The summed E-state index contributed by atoms with van der Waals surface area (Å²) in [6.45, 7) is 3.20. The van der Waals surface area contributed by atoms with Gasteiger partial charge in [0.15, 0.2) is 6.29 Å². The molecular formula is C14H17NO. The lowest BCUT2D eigenvalue weighted by molar-refractivity contribution is 0.112. The highest BCUT2D eigenvalue weighted by atomic mass is 16.1. The first-order chi connectivity index (χ1) is 7.86. The lowest BCUT2D eigenvalue weighted by Gasteiger charge is -2.03. The zero-order valence-electron chi connectivity index (χ0n) is 9.65. The second-order valence-corrected chi connectivity index (χ2v) is 4.12. The summed E-state index contributed by atoms with van der Waals surface area (Å²) in [6, 6.07) is 8.09. The van der Waals surface area contributed by atoms with Gasteiger partial charge >= 0.3 is 0 Å². The van der Waals surface area contributed by atoms with Crippen LogP contribution in [0.15, 0.2) is 30.5 Å². The van der Waals surface area contributed by atoms with Crippen LogP contribution >= 0.6 is 0 Å². The molecule has 84 valence electrons. The predicted octanol–water partition coefficient (Wildman–Crippen LogP) is 3.64. The summed E-state index contributed by atoms with van der Waals surface area (Å²) in [4.78, 5) is 11.0. The minimum Gasteiger partial charge on any atom is -0.347 e. The van der Waals surface area contributed by atoms with Gasteiger partial charge in [-0.3, -0.25) is 4.79 Å². The van der Waals surface area contributed by atoms with Gasteiger partial charge in [-0.05, 0) is 12.5 Å². The third kappa shape index (κ3) is 2.01. The van der Waals surface area contributed by atoms with E-state index in [1.54, 1.807) is 0 Å². The van der Waals surface area contributed by atoms with Crippen LogP contribution in [0.1, 0.15) is 36.5 Å². The van der Waals surface area contributed by atoms with Crippen LogP contribution in [0.5, 0.6) is 0 Å². The van der Waals surface area contributed by atoms with Gasteiger partial charge in [0.1, 0.15) is 0 Å². The number of para-hydroxylation sites is 1. The van der Waals surface area contributed by atoms with Crippen molar-refractivity contribution in [3.8, 4) is 0 Å². The summed E-state index contributed by atoms with van der Waals surface area (Å²) in [5, 5.41) is 1.06. The number of nitrogens with zero attached hydrogens (tertiary/aromatic N) is 1. The molecule has 2 heteroatoms. The highest BCUT2D eigenvalue weighted by Crippen LogP contribution is 2.20. The molecule has 0 unspecified atom stereocenters. The zero-order chi connectivity index (χ0) is 11.4. The quantitative estimate of drug-likeness (QED) is 0.551. The van der Waals surface area contributed by atoms with Crippen molar-refractivity contribution in [1.29, 1.82) is 0 Å². The highest BCUT2D eigenvalue weighted by molar-refractivity contribution is 5.97. The second kappa shape index (κ2) is 4.97. The summed E-state index contributed by atoms with van der Waals surface area (Å²) >= 11 is 0. The molecule has 0 N–H and O–H groups in total. The van der Waals surface area contributed by atoms with Crippen molar-refractivity contribution >= 4 is 17.2 Å². The molecule has 0 bridgehead atoms. The topological polar surface area (TPSA) is 22.0 Å². The van der Waals surface area contributed by atoms with Gasteiger partial charge in [0.05, 0.1) is 0 Å². The largest absolute Gasteiger partial charge is 0.347 e. The van der Waals surface area contributed by atoms with Crippen molar-refractivity contribution in [3.63, 3.8) is 0 Å². The number of unbranched alkanes of at least 4 members (excludes halogenated alkanes) is 2. The third-order valence-corrected chi connectivity index (χ3v) is 2.95. The number of aryl methyl sites for hydroxylation is 1. The SMILES string of the molecule is CCCCCn1cc(C=O)c2ccccc21. The standard InChI is InChI=1S/C14H17NO/c1-2-3-6-9-15-10-12(11-16)13-7-4-5-8-14(13)15/h4-5,7-8,10-11H,2-3,6,9H2,1H3. The average molecular weight is 215 g/mol. The number of benzene rings is 1. The van der Waals surface area contributed by atoms with E-state index in [-0.39, 0.29) is 0 Å². The van der Waals surface area contributed by atoms with Crippen molar-refractivity contribution in [2.24, 2.45) is 0 Å². The van der Waals surface area contributed by atoms with Crippen molar-refractivity contribution in [2.75, 3.05) is 0 Å². The Kier molecular flexibility index (Phi) is 3.40. The first kappa shape index (κ1) is 10.9. The van der Waals surface area contributed by atoms with E-state index in [1.807, 2.05) is 24.4 Å². The summed E-state index contributed by atoms with van der Waals surface area (Å²) in [5.41, 5.74) is 1.97. The van der Waals surface area contributed by atoms with E-state index < -0.39 is 0 Å². The Hall–Kier alpha value is -1.57. The van der Waals surface area contributed by atoms with Gasteiger partial charge in [-0.1, -0.05) is 38.0 Å². The average Bonchev–Trinajstić information content (AvgIpc) is 2.68. The molecule has 2 rings (SSSR count). The van der Waals surface area contributed by atoms with E-state index in [2.05, 4.69) is 17.6 Å². The zero-order valence-corrected chi connectivity index (χ0v) is 9.65. The van der Waals surface area contributed by atoms with E-state index in [9.17, 15) is 4.79 Å². The van der Waals surface area contributed by atoms with E-state index in [0.717, 1.165) is 23.8 Å². The first-order valence-electron chi connectivity index (χ1n) is 5.90. The maximum Gasteiger partial charge on any atom is 0.152 e. The Morgan fingerprint density at radius 1 is 1.25 bits per heavy atom. The molecule has 0 atom stereocenters. The first-order valence-corrected chi connectivity index (χ1v) is 5.90. The van der Waals surface area contributed by atoms with Gasteiger partial charge in [0.25, 0.3) is 0 Å². The summed E-state index contributed by atoms with van der Waals surface area (Å²) in [7, 11) is 0. The molecule has 0 saturated heterocycles. The van der Waals surface area contributed by atoms with Crippen molar-refractivity contribution in [3.05, 3.63) is 36.0 Å².